The second-order valence-electron chi connectivity index (χ2n) is 4.77. The van der Waals surface area contributed by atoms with E-state index in [-0.39, 0.29) is 17.7 Å². The van der Waals surface area contributed by atoms with Crippen molar-refractivity contribution in [2.45, 2.75) is 51.4 Å². The Hall–Kier alpha value is -1.06. The second kappa shape index (κ2) is 6.51. The van der Waals surface area contributed by atoms with E-state index in [9.17, 15) is 9.59 Å². The van der Waals surface area contributed by atoms with Crippen LogP contribution in [-0.2, 0) is 9.59 Å². The summed E-state index contributed by atoms with van der Waals surface area (Å²) in [7, 11) is 0. The molecule has 1 unspecified atom stereocenters. The smallest absolute Gasteiger partial charge is 0.220 e. The molecule has 92 valence electrons. The zero-order chi connectivity index (χ0) is 12.0. The van der Waals surface area contributed by atoms with Crippen molar-refractivity contribution in [3.63, 3.8) is 0 Å². The summed E-state index contributed by atoms with van der Waals surface area (Å²) in [6, 6.07) is 0. The number of hydrogen-bond acceptors (Lipinski definition) is 2. The van der Waals surface area contributed by atoms with Gasteiger partial charge < -0.3 is 11.5 Å². The molecular formula is C12H22N2O2. The highest BCUT2D eigenvalue weighted by Crippen LogP contribution is 2.32. The molecule has 0 aromatic carbocycles. The summed E-state index contributed by atoms with van der Waals surface area (Å²) in [5.74, 6) is -0.137. The maximum atomic E-state index is 11.4. The third kappa shape index (κ3) is 4.21. The second-order valence-corrected chi connectivity index (χ2v) is 4.77. The van der Waals surface area contributed by atoms with Crippen LogP contribution in [0.5, 0.6) is 0 Å². The van der Waals surface area contributed by atoms with E-state index in [2.05, 4.69) is 0 Å². The first-order valence-corrected chi connectivity index (χ1v) is 6.19. The van der Waals surface area contributed by atoms with Gasteiger partial charge in [-0.15, -0.1) is 0 Å². The molecule has 1 rings (SSSR count). The van der Waals surface area contributed by atoms with E-state index < -0.39 is 0 Å². The Morgan fingerprint density at radius 3 is 2.25 bits per heavy atom. The van der Waals surface area contributed by atoms with Crippen molar-refractivity contribution in [3.05, 3.63) is 0 Å². The van der Waals surface area contributed by atoms with E-state index in [0.717, 1.165) is 12.8 Å². The Morgan fingerprint density at radius 1 is 1.12 bits per heavy atom. The van der Waals surface area contributed by atoms with Crippen LogP contribution in [0.4, 0.5) is 0 Å². The predicted octanol–water partition coefficient (Wildman–Crippen LogP) is 1.32. The first-order valence-electron chi connectivity index (χ1n) is 6.19. The van der Waals surface area contributed by atoms with Crippen LogP contribution >= 0.6 is 0 Å². The molecule has 16 heavy (non-hydrogen) atoms. The average Bonchev–Trinajstić information content (AvgIpc) is 2.25. The van der Waals surface area contributed by atoms with Crippen LogP contribution in [0, 0.1) is 11.8 Å². The first kappa shape index (κ1) is 13.0. The fraction of sp³-hybridized carbons (Fsp3) is 0.833. The summed E-state index contributed by atoms with van der Waals surface area (Å²) in [5, 5.41) is 0. The van der Waals surface area contributed by atoms with Crippen LogP contribution < -0.4 is 11.5 Å². The van der Waals surface area contributed by atoms with E-state index in [0.29, 0.717) is 25.2 Å². The van der Waals surface area contributed by atoms with E-state index in [1.807, 2.05) is 0 Å². The first-order chi connectivity index (χ1) is 7.61. The van der Waals surface area contributed by atoms with E-state index in [4.69, 9.17) is 11.5 Å². The lowest BCUT2D eigenvalue weighted by atomic mass is 9.77. The number of carbonyl (C=O) groups is 2. The van der Waals surface area contributed by atoms with Crippen molar-refractivity contribution >= 4 is 11.8 Å². The van der Waals surface area contributed by atoms with Gasteiger partial charge in [0.05, 0.1) is 0 Å². The van der Waals surface area contributed by atoms with Crippen molar-refractivity contribution < 1.29 is 9.59 Å². The highest BCUT2D eigenvalue weighted by Gasteiger charge is 2.27. The van der Waals surface area contributed by atoms with Crippen LogP contribution in [-0.4, -0.2) is 11.8 Å². The fourth-order valence-electron chi connectivity index (χ4n) is 2.64. The molecule has 4 nitrogen and oxygen atoms in total. The molecular weight excluding hydrogens is 204 g/mol. The van der Waals surface area contributed by atoms with Gasteiger partial charge in [0.15, 0.2) is 0 Å². The number of nitrogens with two attached hydrogens (primary N) is 2. The summed E-state index contributed by atoms with van der Waals surface area (Å²) in [4.78, 5) is 22.0. The van der Waals surface area contributed by atoms with Gasteiger partial charge >= 0.3 is 0 Å². The number of hydrogen-bond donors (Lipinski definition) is 2. The van der Waals surface area contributed by atoms with Gasteiger partial charge in [-0.3, -0.25) is 9.59 Å². The molecule has 1 atom stereocenters. The summed E-state index contributed by atoms with van der Waals surface area (Å²) in [5.41, 5.74) is 10.5. The molecule has 1 aliphatic rings. The summed E-state index contributed by atoms with van der Waals surface area (Å²) in [6.07, 6.45) is 7.62. The van der Waals surface area contributed by atoms with Gasteiger partial charge in [-0.1, -0.05) is 19.3 Å². The zero-order valence-corrected chi connectivity index (χ0v) is 9.78. The molecule has 4 N–H and O–H groups in total. The van der Waals surface area contributed by atoms with Gasteiger partial charge in [0.25, 0.3) is 0 Å². The maximum absolute atomic E-state index is 11.4. The Bertz CT molecular complexity index is 247. The SMILES string of the molecule is NC(=O)CCCC(C(N)=O)C1CCCCC1. The number of primary amides is 2. The number of amides is 2. The lowest BCUT2D eigenvalue weighted by Gasteiger charge is -2.28. The molecule has 1 saturated carbocycles. The molecule has 0 aromatic heterocycles. The van der Waals surface area contributed by atoms with Crippen molar-refractivity contribution in [3.8, 4) is 0 Å². The highest BCUT2D eigenvalue weighted by atomic mass is 16.1. The van der Waals surface area contributed by atoms with E-state index >= 15 is 0 Å². The third-order valence-electron chi connectivity index (χ3n) is 3.52. The fourth-order valence-corrected chi connectivity index (χ4v) is 2.64. The largest absolute Gasteiger partial charge is 0.370 e. The molecule has 1 fully saturated rings. The summed E-state index contributed by atoms with van der Waals surface area (Å²) < 4.78 is 0. The number of rotatable bonds is 6. The monoisotopic (exact) mass is 226 g/mol. The molecule has 0 saturated heterocycles. The Labute approximate surface area is 96.8 Å². The lowest BCUT2D eigenvalue weighted by Crippen LogP contribution is -2.31. The quantitative estimate of drug-likeness (QED) is 0.715. The zero-order valence-electron chi connectivity index (χ0n) is 9.78. The van der Waals surface area contributed by atoms with Crippen molar-refractivity contribution in [2.24, 2.45) is 23.3 Å². The topological polar surface area (TPSA) is 86.2 Å². The highest BCUT2D eigenvalue weighted by molar-refractivity contribution is 5.77. The van der Waals surface area contributed by atoms with E-state index in [1.54, 1.807) is 0 Å². The molecule has 0 aliphatic heterocycles. The average molecular weight is 226 g/mol. The van der Waals surface area contributed by atoms with Gasteiger partial charge in [-0.25, -0.2) is 0 Å². The van der Waals surface area contributed by atoms with Gasteiger partial charge in [-0.05, 0) is 31.6 Å². The van der Waals surface area contributed by atoms with Gasteiger partial charge in [0.2, 0.25) is 11.8 Å². The minimum absolute atomic E-state index is 0.0559. The van der Waals surface area contributed by atoms with Crippen LogP contribution in [0.1, 0.15) is 51.4 Å². The van der Waals surface area contributed by atoms with Crippen molar-refractivity contribution in [1.82, 2.24) is 0 Å². The van der Waals surface area contributed by atoms with Crippen LogP contribution in [0.25, 0.3) is 0 Å². The Balaban J connectivity index is 2.40. The number of carbonyl (C=O) groups excluding carboxylic acids is 2. The van der Waals surface area contributed by atoms with Crippen molar-refractivity contribution in [1.29, 1.82) is 0 Å². The standard InChI is InChI=1S/C12H22N2O2/c13-11(15)8-4-7-10(12(14)16)9-5-2-1-3-6-9/h9-10H,1-8H2,(H2,13,15)(H2,14,16). The predicted molar refractivity (Wildman–Crippen MR) is 62.3 cm³/mol. The van der Waals surface area contributed by atoms with Crippen LogP contribution in [0.15, 0.2) is 0 Å². The molecule has 0 bridgehead atoms. The summed E-state index contributed by atoms with van der Waals surface area (Å²) in [6.45, 7) is 0. The van der Waals surface area contributed by atoms with Crippen molar-refractivity contribution in [2.75, 3.05) is 0 Å². The molecule has 0 spiro atoms. The van der Waals surface area contributed by atoms with Gasteiger partial charge in [0.1, 0.15) is 0 Å². The van der Waals surface area contributed by atoms with Gasteiger partial charge in [-0.2, -0.15) is 0 Å². The van der Waals surface area contributed by atoms with E-state index in [1.165, 1.54) is 19.3 Å². The lowest BCUT2D eigenvalue weighted by molar-refractivity contribution is -0.124. The molecule has 2 amide bonds. The maximum Gasteiger partial charge on any atom is 0.220 e. The van der Waals surface area contributed by atoms with Crippen LogP contribution in [0.3, 0.4) is 0 Å². The Morgan fingerprint density at radius 2 is 1.75 bits per heavy atom. The molecule has 0 heterocycles. The molecule has 1 aliphatic carbocycles. The minimum atomic E-state index is -0.299. The molecule has 0 aromatic rings. The van der Waals surface area contributed by atoms with Gasteiger partial charge in [0, 0.05) is 12.3 Å². The normalized spacial score (nSPS) is 19.2. The Kier molecular flexibility index (Phi) is 5.29. The minimum Gasteiger partial charge on any atom is -0.370 e. The summed E-state index contributed by atoms with van der Waals surface area (Å²) >= 11 is 0. The third-order valence-corrected chi connectivity index (χ3v) is 3.52. The van der Waals surface area contributed by atoms with Crippen LogP contribution in [0.2, 0.25) is 0 Å². The molecule has 4 heteroatoms. The molecule has 0 radical (unpaired) electrons.